The highest BCUT2D eigenvalue weighted by Gasteiger charge is 2.47. The Bertz CT molecular complexity index is 311. The molecule has 0 aromatic heterocycles. The average Bonchev–Trinajstić information content (AvgIpc) is 2.87. The summed E-state index contributed by atoms with van der Waals surface area (Å²) in [5, 5.41) is 0. The fourth-order valence-electron chi connectivity index (χ4n) is 3.30. The van der Waals surface area contributed by atoms with Crippen molar-refractivity contribution in [2.24, 2.45) is 23.7 Å². The van der Waals surface area contributed by atoms with Gasteiger partial charge in [-0.25, -0.2) is 0 Å². The molecule has 0 spiro atoms. The Morgan fingerprint density at radius 3 is 2.47 bits per heavy atom. The van der Waals surface area contributed by atoms with Crippen LogP contribution in [0.25, 0.3) is 0 Å². The zero-order valence-electron chi connectivity index (χ0n) is 10.5. The van der Waals surface area contributed by atoms with E-state index in [1.807, 2.05) is 0 Å². The van der Waals surface area contributed by atoms with Gasteiger partial charge < -0.3 is 9.47 Å². The van der Waals surface area contributed by atoms with Crippen molar-refractivity contribution in [2.45, 2.75) is 32.6 Å². The standard InChI is InChI=1S/C13H20O4/c1-8-5-10-6-9(8)7-11(10)13(15)17-4-3-12(14)16-2/h8-11H,3-7H2,1-2H3. The van der Waals surface area contributed by atoms with Crippen molar-refractivity contribution in [1.82, 2.24) is 0 Å². The molecule has 2 fully saturated rings. The smallest absolute Gasteiger partial charge is 0.309 e. The Hall–Kier alpha value is -1.06. The number of rotatable bonds is 4. The van der Waals surface area contributed by atoms with Crippen LogP contribution in [0.3, 0.4) is 0 Å². The van der Waals surface area contributed by atoms with Crippen LogP contribution in [0.1, 0.15) is 32.6 Å². The molecule has 2 aliphatic rings. The summed E-state index contributed by atoms with van der Waals surface area (Å²) < 4.78 is 9.64. The molecule has 0 radical (unpaired) electrons. The highest BCUT2D eigenvalue weighted by Crippen LogP contribution is 2.51. The van der Waals surface area contributed by atoms with Gasteiger partial charge in [-0.05, 0) is 37.0 Å². The number of ether oxygens (including phenoxy) is 2. The van der Waals surface area contributed by atoms with Crippen LogP contribution in [-0.2, 0) is 19.1 Å². The molecule has 2 aliphatic carbocycles. The van der Waals surface area contributed by atoms with Gasteiger partial charge in [0.1, 0.15) is 6.61 Å². The first kappa shape index (κ1) is 12.4. The quantitative estimate of drug-likeness (QED) is 0.703. The van der Waals surface area contributed by atoms with Crippen molar-refractivity contribution in [3.05, 3.63) is 0 Å². The second kappa shape index (κ2) is 5.07. The molecule has 4 nitrogen and oxygen atoms in total. The fourth-order valence-corrected chi connectivity index (χ4v) is 3.30. The van der Waals surface area contributed by atoms with Crippen molar-refractivity contribution in [1.29, 1.82) is 0 Å². The van der Waals surface area contributed by atoms with Crippen molar-refractivity contribution in [3.8, 4) is 0 Å². The van der Waals surface area contributed by atoms with E-state index in [4.69, 9.17) is 4.74 Å². The van der Waals surface area contributed by atoms with Crippen molar-refractivity contribution in [2.75, 3.05) is 13.7 Å². The van der Waals surface area contributed by atoms with E-state index in [1.54, 1.807) is 0 Å². The van der Waals surface area contributed by atoms with Gasteiger partial charge in [0, 0.05) is 0 Å². The number of methoxy groups -OCH3 is 1. The van der Waals surface area contributed by atoms with Gasteiger partial charge in [-0.15, -0.1) is 0 Å². The highest BCUT2D eigenvalue weighted by atomic mass is 16.5. The lowest BCUT2D eigenvalue weighted by Crippen LogP contribution is -2.26. The molecule has 17 heavy (non-hydrogen) atoms. The summed E-state index contributed by atoms with van der Waals surface area (Å²) in [6, 6.07) is 0. The topological polar surface area (TPSA) is 52.6 Å². The Labute approximate surface area is 102 Å². The summed E-state index contributed by atoms with van der Waals surface area (Å²) in [7, 11) is 1.33. The van der Waals surface area contributed by atoms with E-state index in [0.29, 0.717) is 11.8 Å². The Kier molecular flexibility index (Phi) is 3.69. The predicted octanol–water partition coefficient (Wildman–Crippen LogP) is 1.77. The second-order valence-electron chi connectivity index (χ2n) is 5.30. The number of esters is 2. The van der Waals surface area contributed by atoms with Gasteiger partial charge in [0.2, 0.25) is 0 Å². The number of hydrogen-bond donors (Lipinski definition) is 0. The summed E-state index contributed by atoms with van der Waals surface area (Å²) in [6.07, 6.45) is 3.46. The molecule has 0 aromatic carbocycles. The van der Waals surface area contributed by atoms with Crippen LogP contribution in [0.15, 0.2) is 0 Å². The molecule has 0 saturated heterocycles. The average molecular weight is 240 g/mol. The third-order valence-electron chi connectivity index (χ3n) is 4.29. The summed E-state index contributed by atoms with van der Waals surface area (Å²) >= 11 is 0. The third kappa shape index (κ3) is 2.61. The van der Waals surface area contributed by atoms with E-state index >= 15 is 0 Å². The lowest BCUT2D eigenvalue weighted by Gasteiger charge is -2.23. The van der Waals surface area contributed by atoms with Gasteiger partial charge in [0.05, 0.1) is 19.4 Å². The lowest BCUT2D eigenvalue weighted by molar-refractivity contribution is -0.153. The van der Waals surface area contributed by atoms with Crippen LogP contribution in [0.5, 0.6) is 0 Å². The van der Waals surface area contributed by atoms with Gasteiger partial charge in [-0.2, -0.15) is 0 Å². The predicted molar refractivity (Wildman–Crippen MR) is 61.1 cm³/mol. The molecule has 96 valence electrons. The molecule has 2 saturated carbocycles. The fraction of sp³-hybridized carbons (Fsp3) is 0.846. The number of carbonyl (C=O) groups is 2. The number of carbonyl (C=O) groups excluding carboxylic acids is 2. The minimum atomic E-state index is -0.334. The van der Waals surface area contributed by atoms with Gasteiger partial charge in [0.15, 0.2) is 0 Å². The SMILES string of the molecule is COC(=O)CCOC(=O)C1CC2CC1CC2C. The van der Waals surface area contributed by atoms with E-state index in [9.17, 15) is 9.59 Å². The van der Waals surface area contributed by atoms with E-state index in [1.165, 1.54) is 13.5 Å². The minimum absolute atomic E-state index is 0.0776. The van der Waals surface area contributed by atoms with Gasteiger partial charge in [-0.1, -0.05) is 6.92 Å². The maximum absolute atomic E-state index is 11.8. The van der Waals surface area contributed by atoms with Crippen LogP contribution in [0.2, 0.25) is 0 Å². The maximum Gasteiger partial charge on any atom is 0.309 e. The number of hydrogen-bond acceptors (Lipinski definition) is 4. The molecular weight excluding hydrogens is 220 g/mol. The highest BCUT2D eigenvalue weighted by molar-refractivity contribution is 5.74. The van der Waals surface area contributed by atoms with Crippen molar-refractivity contribution < 1.29 is 19.1 Å². The zero-order chi connectivity index (χ0) is 12.4. The molecule has 4 atom stereocenters. The van der Waals surface area contributed by atoms with E-state index < -0.39 is 0 Å². The largest absolute Gasteiger partial charge is 0.469 e. The van der Waals surface area contributed by atoms with Gasteiger partial charge >= 0.3 is 11.9 Å². The first-order valence-corrected chi connectivity index (χ1v) is 6.35. The molecule has 0 N–H and O–H groups in total. The molecule has 4 heteroatoms. The van der Waals surface area contributed by atoms with Crippen LogP contribution in [0, 0.1) is 23.7 Å². The van der Waals surface area contributed by atoms with E-state index in [0.717, 1.165) is 18.8 Å². The van der Waals surface area contributed by atoms with Crippen LogP contribution < -0.4 is 0 Å². The summed E-state index contributed by atoms with van der Waals surface area (Å²) in [4.78, 5) is 22.7. The molecule has 0 aromatic rings. The van der Waals surface area contributed by atoms with E-state index in [2.05, 4.69) is 11.7 Å². The summed E-state index contributed by atoms with van der Waals surface area (Å²) in [5.74, 6) is 1.61. The third-order valence-corrected chi connectivity index (χ3v) is 4.29. The molecule has 0 aliphatic heterocycles. The van der Waals surface area contributed by atoms with Crippen molar-refractivity contribution in [3.63, 3.8) is 0 Å². The van der Waals surface area contributed by atoms with E-state index in [-0.39, 0.29) is 30.9 Å². The Balaban J connectivity index is 1.73. The minimum Gasteiger partial charge on any atom is -0.469 e. The lowest BCUT2D eigenvalue weighted by atomic mass is 9.83. The summed E-state index contributed by atoms with van der Waals surface area (Å²) in [5.41, 5.74) is 0. The Morgan fingerprint density at radius 1 is 1.18 bits per heavy atom. The van der Waals surface area contributed by atoms with Gasteiger partial charge in [0.25, 0.3) is 0 Å². The molecule has 4 unspecified atom stereocenters. The molecule has 2 bridgehead atoms. The molecule has 2 rings (SSSR count). The van der Waals surface area contributed by atoms with Crippen LogP contribution >= 0.6 is 0 Å². The zero-order valence-corrected chi connectivity index (χ0v) is 10.5. The van der Waals surface area contributed by atoms with Crippen LogP contribution in [-0.4, -0.2) is 25.7 Å². The molecule has 0 heterocycles. The maximum atomic E-state index is 11.8. The summed E-state index contributed by atoms with van der Waals surface area (Å²) in [6.45, 7) is 2.42. The van der Waals surface area contributed by atoms with Gasteiger partial charge in [-0.3, -0.25) is 9.59 Å². The monoisotopic (exact) mass is 240 g/mol. The number of fused-ring (bicyclic) bond motifs is 2. The molecular formula is C13H20O4. The van der Waals surface area contributed by atoms with Crippen molar-refractivity contribution >= 4 is 11.9 Å². The van der Waals surface area contributed by atoms with Crippen LogP contribution in [0.4, 0.5) is 0 Å². The first-order valence-electron chi connectivity index (χ1n) is 6.35. The molecule has 0 amide bonds. The second-order valence-corrected chi connectivity index (χ2v) is 5.30. The normalized spacial score (nSPS) is 34.7. The Morgan fingerprint density at radius 2 is 1.94 bits per heavy atom. The first-order chi connectivity index (χ1) is 8.11.